The first kappa shape index (κ1) is 22.0. The number of hydrogen-bond acceptors (Lipinski definition) is 5. The third-order valence-electron chi connectivity index (χ3n) is 4.08. The minimum atomic E-state index is -3.81. The van der Waals surface area contributed by atoms with Gasteiger partial charge in [0, 0.05) is 25.6 Å². The van der Waals surface area contributed by atoms with Crippen LogP contribution in [0, 0.1) is 17.1 Å². The van der Waals surface area contributed by atoms with Gasteiger partial charge in [-0.25, -0.2) is 17.5 Å². The third-order valence-corrected chi connectivity index (χ3v) is 5.56. The number of likely N-dealkylation sites (N-methyl/N-ethyl adjacent to an activating group) is 1. The summed E-state index contributed by atoms with van der Waals surface area (Å²) < 4.78 is 40.0. The highest BCUT2D eigenvalue weighted by Crippen LogP contribution is 2.22. The van der Waals surface area contributed by atoms with E-state index in [4.69, 9.17) is 11.0 Å². The topological polar surface area (TPSA) is 133 Å². The second kappa shape index (κ2) is 9.27. The highest BCUT2D eigenvalue weighted by atomic mass is 32.2. The van der Waals surface area contributed by atoms with Crippen LogP contribution in [0.2, 0.25) is 0 Å². The van der Waals surface area contributed by atoms with Crippen molar-refractivity contribution in [1.29, 1.82) is 5.26 Å². The van der Waals surface area contributed by atoms with Gasteiger partial charge in [0.05, 0.1) is 11.0 Å². The number of nitrogens with one attached hydrogen (secondary N) is 1. The normalized spacial score (nSPS) is 12.0. The van der Waals surface area contributed by atoms with Gasteiger partial charge in [0.1, 0.15) is 11.9 Å². The molecule has 0 radical (unpaired) electrons. The summed E-state index contributed by atoms with van der Waals surface area (Å²) in [6.45, 7) is -0.0316. The van der Waals surface area contributed by atoms with Crippen molar-refractivity contribution in [1.82, 2.24) is 9.62 Å². The Balaban J connectivity index is 2.24. The second-order valence-corrected chi connectivity index (χ2v) is 7.87. The second-order valence-electron chi connectivity index (χ2n) is 6.11. The number of rotatable bonds is 8. The lowest BCUT2D eigenvalue weighted by Gasteiger charge is -2.26. The van der Waals surface area contributed by atoms with Crippen molar-refractivity contribution in [3.8, 4) is 6.07 Å². The molecule has 3 N–H and O–H groups in total. The first-order chi connectivity index (χ1) is 13.7. The van der Waals surface area contributed by atoms with E-state index in [9.17, 15) is 22.4 Å². The monoisotopic (exact) mass is 418 g/mol. The molecule has 2 amide bonds. The SMILES string of the molecule is CN(C(=O)c1ccc(S(=O)(=O)NCCC#N)cc1)C(C(N)=O)c1cccc(F)c1. The Hall–Kier alpha value is -3.29. The quantitative estimate of drug-likeness (QED) is 0.624. The molecular weight excluding hydrogens is 399 g/mol. The van der Waals surface area contributed by atoms with Crippen molar-refractivity contribution < 1.29 is 22.4 Å². The molecule has 0 saturated carbocycles. The summed E-state index contributed by atoms with van der Waals surface area (Å²) in [6, 6.07) is 10.9. The molecule has 1 atom stereocenters. The van der Waals surface area contributed by atoms with E-state index in [1.807, 2.05) is 6.07 Å². The highest BCUT2D eigenvalue weighted by Gasteiger charge is 2.28. The van der Waals surface area contributed by atoms with E-state index >= 15 is 0 Å². The summed E-state index contributed by atoms with van der Waals surface area (Å²) in [6.07, 6.45) is 0.0230. The first-order valence-corrected chi connectivity index (χ1v) is 9.94. The number of carbonyl (C=O) groups excluding carboxylic acids is 2. The van der Waals surface area contributed by atoms with Gasteiger partial charge < -0.3 is 10.6 Å². The lowest BCUT2D eigenvalue weighted by Crippen LogP contribution is -2.39. The van der Waals surface area contributed by atoms with Gasteiger partial charge in [-0.2, -0.15) is 5.26 Å². The van der Waals surface area contributed by atoms with Crippen LogP contribution in [0.3, 0.4) is 0 Å². The van der Waals surface area contributed by atoms with Gasteiger partial charge in [-0.1, -0.05) is 12.1 Å². The predicted molar refractivity (Wildman–Crippen MR) is 102 cm³/mol. The summed E-state index contributed by atoms with van der Waals surface area (Å²) in [5.41, 5.74) is 5.74. The maximum Gasteiger partial charge on any atom is 0.254 e. The van der Waals surface area contributed by atoms with Crippen LogP contribution in [0.1, 0.15) is 28.4 Å². The van der Waals surface area contributed by atoms with Crippen LogP contribution in [-0.4, -0.2) is 38.7 Å². The van der Waals surface area contributed by atoms with E-state index in [1.165, 1.54) is 49.5 Å². The van der Waals surface area contributed by atoms with Gasteiger partial charge in [0.15, 0.2) is 0 Å². The molecule has 0 bridgehead atoms. The van der Waals surface area contributed by atoms with E-state index in [0.29, 0.717) is 0 Å². The van der Waals surface area contributed by atoms with Crippen LogP contribution in [0.25, 0.3) is 0 Å². The number of nitrogens with two attached hydrogens (primary N) is 1. The lowest BCUT2D eigenvalue weighted by molar-refractivity contribution is -0.122. The molecule has 2 aromatic rings. The van der Waals surface area contributed by atoms with Crippen LogP contribution < -0.4 is 10.5 Å². The standard InChI is InChI=1S/C19H19FN4O4S/c1-24(17(18(22)25)14-4-2-5-15(20)12-14)19(26)13-6-8-16(9-7-13)29(27,28)23-11-3-10-21/h2,4-9,12,17,23H,3,11H2,1H3,(H2,22,25). The van der Waals surface area contributed by atoms with Gasteiger partial charge in [0.2, 0.25) is 15.9 Å². The van der Waals surface area contributed by atoms with E-state index in [2.05, 4.69) is 4.72 Å². The zero-order chi connectivity index (χ0) is 21.6. The van der Waals surface area contributed by atoms with Crippen LogP contribution in [-0.2, 0) is 14.8 Å². The van der Waals surface area contributed by atoms with Gasteiger partial charge >= 0.3 is 0 Å². The van der Waals surface area contributed by atoms with Crippen molar-refractivity contribution in [2.24, 2.45) is 5.73 Å². The number of nitrogens with zero attached hydrogens (tertiary/aromatic N) is 2. The van der Waals surface area contributed by atoms with Gasteiger partial charge in [-0.15, -0.1) is 0 Å². The molecule has 0 aliphatic heterocycles. The Bertz CT molecular complexity index is 1050. The van der Waals surface area contributed by atoms with E-state index in [-0.39, 0.29) is 29.0 Å². The zero-order valence-corrected chi connectivity index (χ0v) is 16.3. The van der Waals surface area contributed by atoms with Gasteiger partial charge in [-0.3, -0.25) is 9.59 Å². The van der Waals surface area contributed by atoms with Crippen molar-refractivity contribution in [2.75, 3.05) is 13.6 Å². The van der Waals surface area contributed by atoms with E-state index < -0.39 is 33.7 Å². The average Bonchev–Trinajstić information content (AvgIpc) is 2.67. The summed E-state index contributed by atoms with van der Waals surface area (Å²) in [5, 5.41) is 8.48. The van der Waals surface area contributed by atoms with Gasteiger partial charge in [0.25, 0.3) is 5.91 Å². The molecule has 0 saturated heterocycles. The third kappa shape index (κ3) is 5.37. The Morgan fingerprint density at radius 3 is 2.45 bits per heavy atom. The number of hydrogen-bond donors (Lipinski definition) is 2. The number of benzene rings is 2. The van der Waals surface area contributed by atoms with Crippen LogP contribution in [0.5, 0.6) is 0 Å². The highest BCUT2D eigenvalue weighted by molar-refractivity contribution is 7.89. The number of nitriles is 1. The fourth-order valence-electron chi connectivity index (χ4n) is 2.68. The number of amides is 2. The van der Waals surface area contributed by atoms with Crippen molar-refractivity contribution in [3.63, 3.8) is 0 Å². The predicted octanol–water partition coefficient (Wildman–Crippen LogP) is 1.32. The zero-order valence-electron chi connectivity index (χ0n) is 15.5. The molecule has 152 valence electrons. The van der Waals surface area contributed by atoms with Crippen LogP contribution in [0.15, 0.2) is 53.4 Å². The number of sulfonamides is 1. The number of primary amides is 1. The summed E-state index contributed by atoms with van der Waals surface area (Å²) in [4.78, 5) is 25.6. The fourth-order valence-corrected chi connectivity index (χ4v) is 3.71. The van der Waals surface area contributed by atoms with Crippen LogP contribution >= 0.6 is 0 Å². The minimum absolute atomic E-state index is 0.0230. The molecule has 0 spiro atoms. The molecule has 29 heavy (non-hydrogen) atoms. The Kier molecular flexibility index (Phi) is 7.03. The smallest absolute Gasteiger partial charge is 0.254 e. The number of carbonyl (C=O) groups is 2. The van der Waals surface area contributed by atoms with Crippen LogP contribution in [0.4, 0.5) is 4.39 Å². The molecule has 10 heteroatoms. The van der Waals surface area contributed by atoms with Crippen molar-refractivity contribution in [3.05, 3.63) is 65.5 Å². The first-order valence-electron chi connectivity index (χ1n) is 8.46. The molecule has 0 aliphatic rings. The minimum Gasteiger partial charge on any atom is -0.368 e. The lowest BCUT2D eigenvalue weighted by atomic mass is 10.0. The van der Waals surface area contributed by atoms with Gasteiger partial charge in [-0.05, 0) is 42.0 Å². The summed E-state index contributed by atoms with van der Waals surface area (Å²) in [7, 11) is -2.47. The largest absolute Gasteiger partial charge is 0.368 e. The molecule has 0 heterocycles. The molecule has 8 nitrogen and oxygen atoms in total. The Morgan fingerprint density at radius 1 is 1.24 bits per heavy atom. The van der Waals surface area contributed by atoms with Crippen molar-refractivity contribution >= 4 is 21.8 Å². The fraction of sp³-hybridized carbons (Fsp3) is 0.211. The van der Waals surface area contributed by atoms with Crippen molar-refractivity contribution in [2.45, 2.75) is 17.4 Å². The summed E-state index contributed by atoms with van der Waals surface area (Å²) in [5.74, 6) is -2.01. The molecule has 0 fully saturated rings. The average molecular weight is 418 g/mol. The maximum atomic E-state index is 13.5. The molecule has 0 aliphatic carbocycles. The number of halogens is 1. The maximum absolute atomic E-state index is 13.5. The molecule has 2 aromatic carbocycles. The molecule has 2 rings (SSSR count). The molecular formula is C19H19FN4O4S. The Morgan fingerprint density at radius 2 is 1.90 bits per heavy atom. The molecule has 0 aromatic heterocycles. The summed E-state index contributed by atoms with van der Waals surface area (Å²) >= 11 is 0. The molecule has 1 unspecified atom stereocenters. The van der Waals surface area contributed by atoms with E-state index in [1.54, 1.807) is 0 Å². The van der Waals surface area contributed by atoms with E-state index in [0.717, 1.165) is 11.0 Å². The Labute approximate surface area is 167 Å².